The first kappa shape index (κ1) is 26.3. The Morgan fingerprint density at radius 2 is 1.74 bits per heavy atom. The number of halogens is 3. The molecular formula is C27H32Cl3N3O2. The Morgan fingerprint density at radius 3 is 2.37 bits per heavy atom. The number of benzene rings is 2. The number of hydrogen-bond donors (Lipinski definition) is 1. The van der Waals surface area contributed by atoms with Gasteiger partial charge in [0, 0.05) is 50.1 Å². The smallest absolute Gasteiger partial charge is 0.254 e. The summed E-state index contributed by atoms with van der Waals surface area (Å²) in [5.74, 6) is 0.561. The summed E-state index contributed by atoms with van der Waals surface area (Å²) in [6, 6.07) is 12.9. The molecule has 2 heterocycles. The van der Waals surface area contributed by atoms with Gasteiger partial charge in [0.05, 0.1) is 15.6 Å². The Bertz CT molecular complexity index is 1070. The Labute approximate surface area is 222 Å². The number of rotatable bonds is 5. The molecule has 35 heavy (non-hydrogen) atoms. The molecular weight excluding hydrogens is 505 g/mol. The lowest BCUT2D eigenvalue weighted by Gasteiger charge is -2.52. The molecule has 5 nitrogen and oxygen atoms in total. The quantitative estimate of drug-likeness (QED) is 0.519. The third kappa shape index (κ3) is 5.64. The number of likely N-dealkylation sites (N-methyl/N-ethyl adjacent to an activating group) is 1. The fourth-order valence-corrected chi connectivity index (χ4v) is 6.23. The largest absolute Gasteiger partial charge is 0.343 e. The molecule has 2 saturated heterocycles. The molecule has 8 heteroatoms. The summed E-state index contributed by atoms with van der Waals surface area (Å²) in [4.78, 5) is 29.6. The highest BCUT2D eigenvalue weighted by Crippen LogP contribution is 2.45. The van der Waals surface area contributed by atoms with Crippen LogP contribution in [0.4, 0.5) is 0 Å². The monoisotopic (exact) mass is 535 g/mol. The van der Waals surface area contributed by atoms with E-state index >= 15 is 0 Å². The normalized spacial score (nSPS) is 23.2. The maximum Gasteiger partial charge on any atom is 0.254 e. The van der Waals surface area contributed by atoms with E-state index in [1.165, 1.54) is 0 Å². The van der Waals surface area contributed by atoms with E-state index in [1.54, 1.807) is 31.2 Å². The highest BCUT2D eigenvalue weighted by molar-refractivity contribution is 6.42. The Balaban J connectivity index is 1.71. The molecule has 0 aliphatic carbocycles. The summed E-state index contributed by atoms with van der Waals surface area (Å²) in [5.41, 5.74) is 1.28. The van der Waals surface area contributed by atoms with Gasteiger partial charge >= 0.3 is 0 Å². The first-order valence-corrected chi connectivity index (χ1v) is 13.3. The van der Waals surface area contributed by atoms with E-state index in [0.29, 0.717) is 26.5 Å². The van der Waals surface area contributed by atoms with Gasteiger partial charge in [-0.15, -0.1) is 0 Å². The van der Waals surface area contributed by atoms with Crippen molar-refractivity contribution in [3.8, 4) is 0 Å². The molecule has 4 rings (SSSR count). The van der Waals surface area contributed by atoms with Crippen LogP contribution in [0.5, 0.6) is 0 Å². The first-order chi connectivity index (χ1) is 16.7. The maximum atomic E-state index is 13.8. The summed E-state index contributed by atoms with van der Waals surface area (Å²) in [5, 5.41) is 5.18. The van der Waals surface area contributed by atoms with Gasteiger partial charge in [-0.05, 0) is 80.1 Å². The summed E-state index contributed by atoms with van der Waals surface area (Å²) in [6.07, 6.45) is 3.56. The van der Waals surface area contributed by atoms with Crippen LogP contribution in [0, 0.1) is 5.92 Å². The lowest BCUT2D eigenvalue weighted by atomic mass is 9.67. The topological polar surface area (TPSA) is 52.7 Å². The molecule has 2 amide bonds. The summed E-state index contributed by atoms with van der Waals surface area (Å²) in [6.45, 7) is 4.72. The van der Waals surface area contributed by atoms with Gasteiger partial charge < -0.3 is 15.1 Å². The third-order valence-corrected chi connectivity index (χ3v) is 8.83. The zero-order valence-electron chi connectivity index (χ0n) is 20.2. The van der Waals surface area contributed by atoms with Crippen molar-refractivity contribution in [2.45, 2.75) is 44.1 Å². The van der Waals surface area contributed by atoms with Crippen LogP contribution < -0.4 is 5.32 Å². The van der Waals surface area contributed by atoms with Gasteiger partial charge in [0.25, 0.3) is 5.91 Å². The zero-order valence-corrected chi connectivity index (χ0v) is 22.5. The maximum absolute atomic E-state index is 13.8. The van der Waals surface area contributed by atoms with Crippen molar-refractivity contribution in [3.05, 3.63) is 68.7 Å². The van der Waals surface area contributed by atoms with Crippen LogP contribution >= 0.6 is 34.8 Å². The highest BCUT2D eigenvalue weighted by atomic mass is 35.5. The predicted octanol–water partition coefficient (Wildman–Crippen LogP) is 5.88. The number of hydrogen-bond acceptors (Lipinski definition) is 3. The molecule has 0 unspecified atom stereocenters. The standard InChI is InChI=1S/C27H32Cl3N3O2/c1-18(34)33-13-9-19(10-14-33)16-27(32(2)26(35)20-3-6-22(28)7-4-20)11-12-31-17-23(27)21-5-8-24(29)25(30)15-21/h3-8,15,19,23,31H,9-14,16-17H2,1-2H3/t23-,27-/m0/s1. The molecule has 0 spiro atoms. The molecule has 0 saturated carbocycles. The Hall–Kier alpha value is -1.79. The molecule has 2 aliphatic rings. The fourth-order valence-electron chi connectivity index (χ4n) is 5.80. The first-order valence-electron chi connectivity index (χ1n) is 12.2. The van der Waals surface area contributed by atoms with Crippen LogP contribution in [0.15, 0.2) is 42.5 Å². The molecule has 0 radical (unpaired) electrons. The van der Waals surface area contributed by atoms with Crippen LogP contribution in [0.25, 0.3) is 0 Å². The number of carbonyl (C=O) groups excluding carboxylic acids is 2. The van der Waals surface area contributed by atoms with Gasteiger partial charge in [0.15, 0.2) is 0 Å². The van der Waals surface area contributed by atoms with Gasteiger partial charge in [0.1, 0.15) is 0 Å². The van der Waals surface area contributed by atoms with Crippen molar-refractivity contribution >= 4 is 46.6 Å². The minimum atomic E-state index is -0.414. The summed E-state index contributed by atoms with van der Waals surface area (Å²) < 4.78 is 0. The fraction of sp³-hybridized carbons (Fsp3) is 0.481. The van der Waals surface area contributed by atoms with Crippen molar-refractivity contribution in [1.82, 2.24) is 15.1 Å². The molecule has 1 N–H and O–H groups in total. The van der Waals surface area contributed by atoms with Crippen LogP contribution in [-0.2, 0) is 4.79 Å². The number of carbonyl (C=O) groups is 2. The van der Waals surface area contributed by atoms with Crippen molar-refractivity contribution in [3.63, 3.8) is 0 Å². The van der Waals surface area contributed by atoms with Crippen LogP contribution in [0.1, 0.15) is 54.4 Å². The molecule has 2 atom stereocenters. The number of piperidine rings is 2. The Morgan fingerprint density at radius 1 is 1.06 bits per heavy atom. The zero-order chi connectivity index (χ0) is 25.2. The minimum Gasteiger partial charge on any atom is -0.343 e. The van der Waals surface area contributed by atoms with E-state index in [2.05, 4.69) is 5.32 Å². The van der Waals surface area contributed by atoms with Crippen LogP contribution in [-0.4, -0.2) is 60.4 Å². The van der Waals surface area contributed by atoms with Crippen molar-refractivity contribution < 1.29 is 9.59 Å². The average molecular weight is 537 g/mol. The SMILES string of the molecule is CC(=O)N1CCC(C[C@@]2(N(C)C(=O)c3ccc(Cl)cc3)CCNC[C@H]2c2ccc(Cl)c(Cl)c2)CC1. The molecule has 2 aromatic carbocycles. The number of likely N-dealkylation sites (tertiary alicyclic amines) is 1. The van der Waals surface area contributed by atoms with Gasteiger partial charge in [-0.25, -0.2) is 0 Å². The Kier molecular flexibility index (Phi) is 8.32. The summed E-state index contributed by atoms with van der Waals surface area (Å²) >= 11 is 18.8. The molecule has 0 aromatic heterocycles. The van der Waals surface area contributed by atoms with Crippen molar-refractivity contribution in [2.75, 3.05) is 33.2 Å². The van der Waals surface area contributed by atoms with Gasteiger partial charge in [0.2, 0.25) is 5.91 Å². The second-order valence-electron chi connectivity index (χ2n) is 9.81. The number of nitrogens with one attached hydrogen (secondary N) is 1. The number of amides is 2. The summed E-state index contributed by atoms with van der Waals surface area (Å²) in [7, 11) is 1.93. The molecule has 188 valence electrons. The second-order valence-corrected chi connectivity index (χ2v) is 11.1. The predicted molar refractivity (Wildman–Crippen MR) is 143 cm³/mol. The minimum absolute atomic E-state index is 0.0187. The van der Waals surface area contributed by atoms with Gasteiger partial charge in [-0.3, -0.25) is 9.59 Å². The molecule has 2 aliphatic heterocycles. The van der Waals surface area contributed by atoms with E-state index in [1.807, 2.05) is 35.0 Å². The van der Waals surface area contributed by atoms with Crippen molar-refractivity contribution in [2.24, 2.45) is 5.92 Å². The van der Waals surface area contributed by atoms with Crippen molar-refractivity contribution in [1.29, 1.82) is 0 Å². The molecule has 2 aromatic rings. The highest BCUT2D eigenvalue weighted by Gasteiger charge is 2.48. The molecule has 2 fully saturated rings. The van der Waals surface area contributed by atoms with Gasteiger partial charge in [-0.2, -0.15) is 0 Å². The number of nitrogens with zero attached hydrogens (tertiary/aromatic N) is 2. The van der Waals surface area contributed by atoms with Crippen LogP contribution in [0.3, 0.4) is 0 Å². The van der Waals surface area contributed by atoms with E-state index in [9.17, 15) is 9.59 Å². The second kappa shape index (κ2) is 11.1. The lowest BCUT2D eigenvalue weighted by Crippen LogP contribution is -2.61. The molecule has 0 bridgehead atoms. The lowest BCUT2D eigenvalue weighted by molar-refractivity contribution is -0.130. The van der Waals surface area contributed by atoms with E-state index < -0.39 is 5.54 Å². The van der Waals surface area contributed by atoms with Crippen LogP contribution in [0.2, 0.25) is 15.1 Å². The average Bonchev–Trinajstić information content (AvgIpc) is 2.86. The van der Waals surface area contributed by atoms with Gasteiger partial charge in [-0.1, -0.05) is 40.9 Å². The van der Waals surface area contributed by atoms with E-state index in [4.69, 9.17) is 34.8 Å². The third-order valence-electron chi connectivity index (χ3n) is 7.84. The van der Waals surface area contributed by atoms with E-state index in [-0.39, 0.29) is 17.7 Å². The van der Waals surface area contributed by atoms with E-state index in [0.717, 1.165) is 57.4 Å².